The van der Waals surface area contributed by atoms with Gasteiger partial charge in [0.2, 0.25) is 0 Å². The second kappa shape index (κ2) is 10.6. The van der Waals surface area contributed by atoms with Gasteiger partial charge in [-0.3, -0.25) is 9.80 Å². The van der Waals surface area contributed by atoms with Crippen molar-refractivity contribution in [3.05, 3.63) is 0 Å². The minimum absolute atomic E-state index is 1.27. The van der Waals surface area contributed by atoms with Gasteiger partial charge >= 0.3 is 0 Å². The molecule has 2 N–H and O–H groups in total. The quantitative estimate of drug-likeness (QED) is 0.509. The molecule has 0 aromatic rings. The Morgan fingerprint density at radius 3 is 2.05 bits per heavy atom. The Labute approximate surface area is 138 Å². The van der Waals surface area contributed by atoms with E-state index in [9.17, 15) is 0 Å². The molecule has 2 saturated heterocycles. The Hall–Kier alpha value is -0.160. The molecule has 0 amide bonds. The number of nitrogens with one attached hydrogen (secondary N) is 2. The molecule has 0 saturated carbocycles. The van der Waals surface area contributed by atoms with Crippen LogP contribution in [0.5, 0.6) is 0 Å². The minimum Gasteiger partial charge on any atom is -0.324 e. The summed E-state index contributed by atoms with van der Waals surface area (Å²) in [5.41, 5.74) is 0. The monoisotopic (exact) mass is 312 g/mol. The first-order chi connectivity index (χ1) is 10.7. The molecule has 4 nitrogen and oxygen atoms in total. The molecule has 0 aromatic carbocycles. The fraction of sp³-hybridized carbons (Fsp3) is 1.00. The number of hydrogen-bond donors (Lipinski definition) is 2. The normalized spacial score (nSPS) is 27.0. The van der Waals surface area contributed by atoms with Crippen molar-refractivity contribution >= 4 is 0 Å². The van der Waals surface area contributed by atoms with Gasteiger partial charge in [0.25, 0.3) is 0 Å². The van der Waals surface area contributed by atoms with E-state index in [1.807, 2.05) is 0 Å². The van der Waals surface area contributed by atoms with Gasteiger partial charge in [-0.05, 0) is 26.3 Å². The summed E-state index contributed by atoms with van der Waals surface area (Å²) in [4.78, 5) is 8.57. The Kier molecular flexibility index (Phi) is 8.75. The third kappa shape index (κ3) is 7.40. The molecular weight excluding hydrogens is 272 g/mol. The molecular formula is C18H40N4+2. The highest BCUT2D eigenvalue weighted by atomic mass is 15.4. The molecule has 0 aromatic heterocycles. The number of quaternary nitrogens is 2. The number of hydrogen-bond acceptors (Lipinski definition) is 2. The van der Waals surface area contributed by atoms with Crippen LogP contribution in [0.2, 0.25) is 0 Å². The van der Waals surface area contributed by atoms with Crippen molar-refractivity contribution < 1.29 is 9.80 Å². The highest BCUT2D eigenvalue weighted by Crippen LogP contribution is 2.08. The zero-order valence-corrected chi connectivity index (χ0v) is 15.2. The molecule has 2 aliphatic heterocycles. The van der Waals surface area contributed by atoms with Gasteiger partial charge in [-0.2, -0.15) is 0 Å². The largest absolute Gasteiger partial charge is 0.324 e. The van der Waals surface area contributed by atoms with Gasteiger partial charge in [0.15, 0.2) is 0 Å². The summed E-state index contributed by atoms with van der Waals surface area (Å²) >= 11 is 0. The third-order valence-electron chi connectivity index (χ3n) is 5.44. The van der Waals surface area contributed by atoms with Gasteiger partial charge in [-0.15, -0.1) is 0 Å². The lowest BCUT2D eigenvalue weighted by atomic mass is 10.1. The summed E-state index contributed by atoms with van der Waals surface area (Å²) in [6, 6.07) is 0. The van der Waals surface area contributed by atoms with Crippen LogP contribution in [-0.2, 0) is 0 Å². The summed E-state index contributed by atoms with van der Waals surface area (Å²) in [7, 11) is 4.56. The molecule has 0 bridgehead atoms. The lowest BCUT2D eigenvalue weighted by Crippen LogP contribution is -3.10. The van der Waals surface area contributed by atoms with E-state index in [0.29, 0.717) is 0 Å². The van der Waals surface area contributed by atoms with Gasteiger partial charge in [-0.25, -0.2) is 0 Å². The number of likely N-dealkylation sites (N-methyl/N-ethyl adjacent to an activating group) is 2. The maximum atomic E-state index is 2.63. The molecule has 2 atom stereocenters. The van der Waals surface area contributed by atoms with Gasteiger partial charge in [-0.1, -0.05) is 32.1 Å². The maximum Gasteiger partial charge on any atom is 0.133 e. The second-order valence-corrected chi connectivity index (χ2v) is 7.80. The van der Waals surface area contributed by atoms with Gasteiger partial charge in [0.05, 0.1) is 39.8 Å². The fourth-order valence-corrected chi connectivity index (χ4v) is 3.94. The van der Waals surface area contributed by atoms with Crippen LogP contribution in [-0.4, -0.2) is 76.5 Å². The van der Waals surface area contributed by atoms with Crippen LogP contribution in [0.4, 0.5) is 0 Å². The van der Waals surface area contributed by atoms with E-state index in [-0.39, 0.29) is 0 Å². The lowest BCUT2D eigenvalue weighted by Gasteiger charge is -2.12. The van der Waals surface area contributed by atoms with Crippen LogP contribution in [0, 0.1) is 0 Å². The molecule has 2 heterocycles. The van der Waals surface area contributed by atoms with E-state index < -0.39 is 0 Å². The lowest BCUT2D eigenvalue weighted by molar-refractivity contribution is -0.891. The predicted octanol–water partition coefficient (Wildman–Crippen LogP) is -0.317. The summed E-state index contributed by atoms with van der Waals surface area (Å²) in [6.45, 7) is 10.6. The number of rotatable bonds is 11. The van der Waals surface area contributed by atoms with Crippen molar-refractivity contribution in [3.8, 4) is 0 Å². The summed E-state index contributed by atoms with van der Waals surface area (Å²) in [5.74, 6) is 0. The van der Waals surface area contributed by atoms with E-state index in [1.54, 1.807) is 9.80 Å². The molecule has 2 unspecified atom stereocenters. The molecule has 0 radical (unpaired) electrons. The third-order valence-corrected chi connectivity index (χ3v) is 5.44. The van der Waals surface area contributed by atoms with Crippen LogP contribution in [0.3, 0.4) is 0 Å². The van der Waals surface area contributed by atoms with Crippen molar-refractivity contribution in [1.29, 1.82) is 0 Å². The first-order valence-corrected chi connectivity index (χ1v) is 9.80. The van der Waals surface area contributed by atoms with Crippen molar-refractivity contribution in [2.24, 2.45) is 0 Å². The molecule has 0 spiro atoms. The zero-order valence-electron chi connectivity index (χ0n) is 15.2. The highest BCUT2D eigenvalue weighted by Gasteiger charge is 2.19. The van der Waals surface area contributed by atoms with E-state index in [0.717, 1.165) is 0 Å². The maximum absolute atomic E-state index is 2.63. The van der Waals surface area contributed by atoms with Gasteiger partial charge in [0, 0.05) is 6.54 Å². The van der Waals surface area contributed by atoms with E-state index >= 15 is 0 Å². The average molecular weight is 313 g/mol. The van der Waals surface area contributed by atoms with Gasteiger partial charge in [0.1, 0.15) is 13.3 Å². The van der Waals surface area contributed by atoms with E-state index in [4.69, 9.17) is 0 Å². The van der Waals surface area contributed by atoms with E-state index in [1.165, 1.54) is 104 Å². The Bertz CT molecular complexity index is 256. The molecule has 0 aliphatic carbocycles. The smallest absolute Gasteiger partial charge is 0.133 e. The highest BCUT2D eigenvalue weighted by molar-refractivity contribution is 4.57. The molecule has 2 fully saturated rings. The van der Waals surface area contributed by atoms with Crippen molar-refractivity contribution in [2.75, 3.05) is 66.7 Å². The average Bonchev–Trinajstić information content (AvgIpc) is 3.09. The summed E-state index contributed by atoms with van der Waals surface area (Å²) < 4.78 is 0. The topological polar surface area (TPSA) is 15.4 Å². The van der Waals surface area contributed by atoms with Crippen molar-refractivity contribution in [2.45, 2.75) is 51.4 Å². The van der Waals surface area contributed by atoms with Crippen LogP contribution in [0.15, 0.2) is 0 Å². The summed E-state index contributed by atoms with van der Waals surface area (Å²) in [5, 5.41) is 0. The predicted molar refractivity (Wildman–Crippen MR) is 93.3 cm³/mol. The zero-order chi connectivity index (χ0) is 15.6. The number of nitrogens with zero attached hydrogens (tertiary/aromatic N) is 2. The Morgan fingerprint density at radius 1 is 0.773 bits per heavy atom. The Balaban J connectivity index is 1.29. The van der Waals surface area contributed by atoms with Crippen molar-refractivity contribution in [1.82, 2.24) is 9.80 Å². The van der Waals surface area contributed by atoms with Crippen LogP contribution >= 0.6 is 0 Å². The Morgan fingerprint density at radius 2 is 1.45 bits per heavy atom. The van der Waals surface area contributed by atoms with E-state index in [2.05, 4.69) is 23.9 Å². The standard InChI is InChI=1S/C18H38N4/c1-19-13-15-21(17-19)11-9-7-5-3-4-6-8-10-12-22-16-14-20(2)18-22/h3-18H2,1-2H3/p+2. The minimum atomic E-state index is 1.27. The first-order valence-electron chi connectivity index (χ1n) is 9.80. The summed E-state index contributed by atoms with van der Waals surface area (Å²) in [6.07, 6.45) is 11.6. The molecule has 2 aliphatic rings. The second-order valence-electron chi connectivity index (χ2n) is 7.80. The molecule has 4 heteroatoms. The SMILES string of the molecule is CN1CC[NH+](CCCCCCCCCCN2CC[NH+](C)C2)C1. The molecule has 22 heavy (non-hydrogen) atoms. The first kappa shape index (κ1) is 18.2. The van der Waals surface area contributed by atoms with Gasteiger partial charge < -0.3 is 9.80 Å². The van der Waals surface area contributed by atoms with Crippen LogP contribution in [0.25, 0.3) is 0 Å². The number of unbranched alkanes of at least 4 members (excludes halogenated alkanes) is 7. The molecule has 130 valence electrons. The molecule has 2 rings (SSSR count). The van der Waals surface area contributed by atoms with Crippen LogP contribution in [0.1, 0.15) is 51.4 Å². The van der Waals surface area contributed by atoms with Crippen LogP contribution < -0.4 is 9.80 Å². The van der Waals surface area contributed by atoms with Crippen molar-refractivity contribution in [3.63, 3.8) is 0 Å². The fourth-order valence-electron chi connectivity index (χ4n) is 3.94.